The van der Waals surface area contributed by atoms with Gasteiger partial charge in [-0.25, -0.2) is 13.6 Å². The van der Waals surface area contributed by atoms with Crippen LogP contribution in [0.1, 0.15) is 28.5 Å². The van der Waals surface area contributed by atoms with Crippen molar-refractivity contribution in [2.45, 2.75) is 12.5 Å². The number of carbonyl (C=O) groups excluding carboxylic acids is 1. The van der Waals surface area contributed by atoms with Crippen molar-refractivity contribution in [1.29, 1.82) is 5.26 Å². The third-order valence-corrected chi connectivity index (χ3v) is 5.40. The van der Waals surface area contributed by atoms with E-state index in [1.807, 2.05) is 0 Å². The maximum Gasteiger partial charge on any atom is 0.404 e. The zero-order valence-corrected chi connectivity index (χ0v) is 16.7. The zero-order chi connectivity index (χ0) is 22.8. The summed E-state index contributed by atoms with van der Waals surface area (Å²) in [5.74, 6) is -2.31. The van der Waals surface area contributed by atoms with E-state index in [1.165, 1.54) is 6.07 Å². The van der Waals surface area contributed by atoms with Crippen molar-refractivity contribution >= 4 is 12.0 Å². The summed E-state index contributed by atoms with van der Waals surface area (Å²) in [4.78, 5) is 23.5. The van der Waals surface area contributed by atoms with Crippen LogP contribution in [0.5, 0.6) is 0 Å². The lowest BCUT2D eigenvalue weighted by molar-refractivity contribution is 0.0913. The summed E-state index contributed by atoms with van der Waals surface area (Å²) in [6.45, 7) is 0.448. The highest BCUT2D eigenvalue weighted by atomic mass is 19.2. The average molecular weight is 436 g/mol. The van der Waals surface area contributed by atoms with E-state index in [1.54, 1.807) is 34.9 Å². The van der Waals surface area contributed by atoms with Crippen LogP contribution in [-0.4, -0.2) is 34.8 Å². The Morgan fingerprint density at radius 3 is 2.53 bits per heavy atom. The van der Waals surface area contributed by atoms with Crippen LogP contribution in [0.4, 0.5) is 13.6 Å². The molecule has 3 aromatic rings. The summed E-state index contributed by atoms with van der Waals surface area (Å²) < 4.78 is 29.4. The van der Waals surface area contributed by atoms with Crippen LogP contribution >= 0.6 is 0 Å². The number of benzene rings is 2. The Balaban J connectivity index is 1.90. The molecule has 7 nitrogen and oxygen atoms in total. The van der Waals surface area contributed by atoms with E-state index in [0.29, 0.717) is 40.1 Å². The molecule has 0 spiro atoms. The summed E-state index contributed by atoms with van der Waals surface area (Å²) >= 11 is 0. The second-order valence-electron chi connectivity index (χ2n) is 7.36. The summed E-state index contributed by atoms with van der Waals surface area (Å²) in [7, 11) is 0. The van der Waals surface area contributed by atoms with E-state index in [2.05, 4.69) is 16.7 Å². The van der Waals surface area contributed by atoms with Crippen LogP contribution in [0, 0.1) is 23.0 Å². The average Bonchev–Trinajstić information content (AvgIpc) is 3.19. The summed E-state index contributed by atoms with van der Waals surface area (Å²) in [6.07, 6.45) is -0.748. The molecule has 0 bridgehead atoms. The van der Waals surface area contributed by atoms with Gasteiger partial charge in [0, 0.05) is 18.7 Å². The molecule has 1 aliphatic heterocycles. The lowest BCUT2D eigenvalue weighted by Gasteiger charge is -2.29. The van der Waals surface area contributed by atoms with E-state index in [-0.39, 0.29) is 25.0 Å². The van der Waals surface area contributed by atoms with Crippen LogP contribution in [0.2, 0.25) is 0 Å². The molecule has 1 aromatic heterocycles. The minimum absolute atomic E-state index is 0.167. The van der Waals surface area contributed by atoms with Gasteiger partial charge >= 0.3 is 6.09 Å². The van der Waals surface area contributed by atoms with Crippen molar-refractivity contribution < 1.29 is 23.5 Å². The highest BCUT2D eigenvalue weighted by Gasteiger charge is 2.31. The molecule has 3 N–H and O–H groups in total. The van der Waals surface area contributed by atoms with Gasteiger partial charge in [-0.2, -0.15) is 5.26 Å². The first kappa shape index (κ1) is 21.1. The predicted octanol–water partition coefficient (Wildman–Crippen LogP) is 3.91. The maximum atomic E-state index is 14.0. The molecule has 2 aromatic carbocycles. The Bertz CT molecular complexity index is 1250. The number of nitrogens with one attached hydrogen (secondary N) is 2. The first-order valence-corrected chi connectivity index (χ1v) is 9.85. The Labute approximate surface area is 181 Å². The third-order valence-electron chi connectivity index (χ3n) is 5.40. The van der Waals surface area contributed by atoms with Crippen molar-refractivity contribution in [3.05, 3.63) is 71.4 Å². The topological polar surface area (TPSA) is 107 Å². The molecular formula is C23H18F2N4O3. The normalized spacial score (nSPS) is 14.9. The second kappa shape index (κ2) is 8.51. The molecule has 0 radical (unpaired) electrons. The monoisotopic (exact) mass is 436 g/mol. The van der Waals surface area contributed by atoms with Gasteiger partial charge in [-0.1, -0.05) is 18.2 Å². The maximum absolute atomic E-state index is 14.0. The number of nitriles is 1. The molecule has 0 aliphatic carbocycles. The number of fused-ring (bicyclic) bond motifs is 1. The predicted molar refractivity (Wildman–Crippen MR) is 112 cm³/mol. The van der Waals surface area contributed by atoms with Crippen LogP contribution in [0.3, 0.4) is 0 Å². The van der Waals surface area contributed by atoms with Gasteiger partial charge in [0.25, 0.3) is 5.91 Å². The Kier molecular flexibility index (Phi) is 5.60. The quantitative estimate of drug-likeness (QED) is 0.564. The molecule has 2 heterocycles. The number of halogens is 2. The minimum Gasteiger partial charge on any atom is -0.465 e. The van der Waals surface area contributed by atoms with Crippen LogP contribution in [-0.2, 0) is 0 Å². The van der Waals surface area contributed by atoms with E-state index in [0.717, 1.165) is 12.1 Å². The third kappa shape index (κ3) is 3.90. The van der Waals surface area contributed by atoms with Gasteiger partial charge < -0.3 is 20.3 Å². The Morgan fingerprint density at radius 2 is 1.88 bits per heavy atom. The highest BCUT2D eigenvalue weighted by Crippen LogP contribution is 2.39. The molecule has 1 unspecified atom stereocenters. The van der Waals surface area contributed by atoms with Crippen molar-refractivity contribution in [1.82, 2.24) is 15.2 Å². The molecule has 0 fully saturated rings. The first-order chi connectivity index (χ1) is 15.4. The van der Waals surface area contributed by atoms with Crippen LogP contribution in [0.15, 0.2) is 48.5 Å². The molecule has 1 atom stereocenters. The first-order valence-electron chi connectivity index (χ1n) is 9.85. The van der Waals surface area contributed by atoms with Crippen LogP contribution < -0.4 is 10.6 Å². The van der Waals surface area contributed by atoms with Crippen molar-refractivity contribution in [2.75, 3.05) is 13.1 Å². The Morgan fingerprint density at radius 1 is 1.16 bits per heavy atom. The highest BCUT2D eigenvalue weighted by molar-refractivity contribution is 5.98. The van der Waals surface area contributed by atoms with Gasteiger partial charge in [-0.3, -0.25) is 4.79 Å². The van der Waals surface area contributed by atoms with Crippen LogP contribution in [0.25, 0.3) is 22.4 Å². The molecule has 2 amide bonds. The van der Waals surface area contributed by atoms with E-state index in [9.17, 15) is 18.4 Å². The lowest BCUT2D eigenvalue weighted by atomic mass is 10.00. The Hall–Kier alpha value is -4.19. The molecule has 1 aliphatic rings. The van der Waals surface area contributed by atoms with Crippen molar-refractivity contribution in [3.63, 3.8) is 0 Å². The number of hydrogen-bond acceptors (Lipinski definition) is 3. The second-order valence-corrected chi connectivity index (χ2v) is 7.36. The molecule has 162 valence electrons. The fourth-order valence-electron chi connectivity index (χ4n) is 3.93. The molecule has 4 rings (SSSR count). The number of hydrogen-bond donors (Lipinski definition) is 3. The van der Waals surface area contributed by atoms with Gasteiger partial charge in [0.2, 0.25) is 0 Å². The summed E-state index contributed by atoms with van der Waals surface area (Å²) in [5.41, 5.74) is 2.98. The van der Waals surface area contributed by atoms with E-state index < -0.39 is 17.7 Å². The summed E-state index contributed by atoms with van der Waals surface area (Å²) in [6, 6.07) is 13.6. The number of aromatic nitrogens is 1. The minimum atomic E-state index is -1.15. The molecule has 0 saturated carbocycles. The summed E-state index contributed by atoms with van der Waals surface area (Å²) in [5, 5.41) is 23.1. The zero-order valence-electron chi connectivity index (χ0n) is 16.7. The van der Waals surface area contributed by atoms with Crippen molar-refractivity contribution in [2.24, 2.45) is 0 Å². The molecule has 32 heavy (non-hydrogen) atoms. The molecule has 9 heteroatoms. The standard InChI is InChI=1S/C23H18F2N4O3/c24-18-6-5-15(9-19(18)25)17-10-20-22(30)28-12-16(7-8-27-23(31)32)29(20)21(17)14-3-1-13(11-26)2-4-14/h1-6,9-10,16,27H,7-8,12H2,(H,28,30)(H,31,32). The number of carbonyl (C=O) groups is 2. The number of carboxylic acid groups (broad SMARTS) is 1. The molecular weight excluding hydrogens is 418 g/mol. The van der Waals surface area contributed by atoms with Gasteiger partial charge in [0.15, 0.2) is 11.6 Å². The largest absolute Gasteiger partial charge is 0.465 e. The SMILES string of the molecule is N#Cc1ccc(-c2c(-c3ccc(F)c(F)c3)cc3n2C(CCNC(=O)O)CNC3=O)cc1. The number of nitrogens with zero attached hydrogens (tertiary/aromatic N) is 2. The van der Waals surface area contributed by atoms with Gasteiger partial charge in [-0.15, -0.1) is 0 Å². The smallest absolute Gasteiger partial charge is 0.404 e. The number of amides is 2. The van der Waals surface area contributed by atoms with E-state index >= 15 is 0 Å². The fourth-order valence-corrected chi connectivity index (χ4v) is 3.93. The number of rotatable bonds is 5. The van der Waals surface area contributed by atoms with Crippen molar-refractivity contribution in [3.8, 4) is 28.5 Å². The van der Waals surface area contributed by atoms with Gasteiger partial charge in [0.1, 0.15) is 5.69 Å². The fraction of sp³-hybridized carbons (Fsp3) is 0.174. The molecule has 0 saturated heterocycles. The van der Waals surface area contributed by atoms with Gasteiger partial charge in [-0.05, 0) is 47.9 Å². The lowest BCUT2D eigenvalue weighted by Crippen LogP contribution is -2.40. The van der Waals surface area contributed by atoms with E-state index in [4.69, 9.17) is 10.4 Å². The van der Waals surface area contributed by atoms with Gasteiger partial charge in [0.05, 0.1) is 23.4 Å².